The molecule has 2 N–H and O–H groups in total. The number of rotatable bonds is 7. The first-order valence-electron chi connectivity index (χ1n) is 8.00. The highest BCUT2D eigenvalue weighted by Crippen LogP contribution is 2.22. The molecule has 1 aromatic heterocycles. The SMILES string of the molecule is CCCCOC(=O)c1cccc(-n2nnc(CN)c2C(C)C)c1. The van der Waals surface area contributed by atoms with Crippen molar-refractivity contribution in [1.29, 1.82) is 0 Å². The van der Waals surface area contributed by atoms with E-state index in [0.717, 1.165) is 29.9 Å². The zero-order valence-corrected chi connectivity index (χ0v) is 14.0. The summed E-state index contributed by atoms with van der Waals surface area (Å²) < 4.78 is 7.00. The third-order valence-electron chi connectivity index (χ3n) is 3.58. The number of nitrogens with zero attached hydrogens (tertiary/aromatic N) is 3. The molecular weight excluding hydrogens is 292 g/mol. The average molecular weight is 316 g/mol. The highest BCUT2D eigenvalue weighted by Gasteiger charge is 2.17. The Bertz CT molecular complexity index is 664. The molecule has 0 aliphatic rings. The van der Waals surface area contributed by atoms with Crippen LogP contribution in [0.1, 0.15) is 61.3 Å². The van der Waals surface area contributed by atoms with Gasteiger partial charge in [-0.25, -0.2) is 9.48 Å². The number of hydrogen-bond donors (Lipinski definition) is 1. The van der Waals surface area contributed by atoms with E-state index in [1.165, 1.54) is 0 Å². The minimum Gasteiger partial charge on any atom is -0.462 e. The van der Waals surface area contributed by atoms with Crippen LogP contribution >= 0.6 is 0 Å². The summed E-state index contributed by atoms with van der Waals surface area (Å²) in [5, 5.41) is 8.33. The van der Waals surface area contributed by atoms with Gasteiger partial charge in [-0.05, 0) is 30.5 Å². The summed E-state index contributed by atoms with van der Waals surface area (Å²) >= 11 is 0. The van der Waals surface area contributed by atoms with E-state index in [1.807, 2.05) is 12.1 Å². The zero-order valence-electron chi connectivity index (χ0n) is 14.0. The molecule has 6 nitrogen and oxygen atoms in total. The predicted molar refractivity (Wildman–Crippen MR) is 88.5 cm³/mol. The van der Waals surface area contributed by atoms with E-state index in [0.29, 0.717) is 18.7 Å². The molecule has 124 valence electrons. The van der Waals surface area contributed by atoms with Crippen LogP contribution in [0, 0.1) is 0 Å². The van der Waals surface area contributed by atoms with Crippen molar-refractivity contribution >= 4 is 5.97 Å². The number of nitrogens with two attached hydrogens (primary N) is 1. The van der Waals surface area contributed by atoms with Gasteiger partial charge < -0.3 is 10.5 Å². The molecule has 0 aliphatic carbocycles. The predicted octanol–water partition coefficient (Wildman–Crippen LogP) is 2.81. The van der Waals surface area contributed by atoms with Crippen LogP contribution in [0.2, 0.25) is 0 Å². The van der Waals surface area contributed by atoms with Gasteiger partial charge in [0.25, 0.3) is 0 Å². The molecule has 0 bridgehead atoms. The Morgan fingerprint density at radius 3 is 2.83 bits per heavy atom. The van der Waals surface area contributed by atoms with Gasteiger partial charge in [0.15, 0.2) is 0 Å². The van der Waals surface area contributed by atoms with Gasteiger partial charge >= 0.3 is 5.97 Å². The van der Waals surface area contributed by atoms with Crippen LogP contribution in [0.3, 0.4) is 0 Å². The van der Waals surface area contributed by atoms with Crippen molar-refractivity contribution in [3.05, 3.63) is 41.2 Å². The molecule has 1 heterocycles. The first kappa shape index (κ1) is 17.1. The van der Waals surface area contributed by atoms with Crippen molar-refractivity contribution in [2.24, 2.45) is 5.73 Å². The molecule has 0 radical (unpaired) electrons. The summed E-state index contributed by atoms with van der Waals surface area (Å²) in [7, 11) is 0. The van der Waals surface area contributed by atoms with Gasteiger partial charge in [-0.2, -0.15) is 0 Å². The summed E-state index contributed by atoms with van der Waals surface area (Å²) in [4.78, 5) is 12.1. The van der Waals surface area contributed by atoms with Crippen molar-refractivity contribution in [3.63, 3.8) is 0 Å². The lowest BCUT2D eigenvalue weighted by molar-refractivity contribution is 0.0499. The Kier molecular flexibility index (Phi) is 5.87. The number of hydrogen-bond acceptors (Lipinski definition) is 5. The van der Waals surface area contributed by atoms with Crippen LogP contribution in [0.5, 0.6) is 0 Å². The van der Waals surface area contributed by atoms with E-state index < -0.39 is 0 Å². The Morgan fingerprint density at radius 2 is 2.17 bits per heavy atom. The van der Waals surface area contributed by atoms with Crippen LogP contribution in [0.4, 0.5) is 0 Å². The molecular formula is C17H24N4O2. The van der Waals surface area contributed by atoms with E-state index in [-0.39, 0.29) is 11.9 Å². The standard InChI is InChI=1S/C17H24N4O2/c1-4-5-9-23-17(22)13-7-6-8-14(10-13)21-16(12(2)3)15(11-18)19-20-21/h6-8,10,12H,4-5,9,11,18H2,1-3H3. The lowest BCUT2D eigenvalue weighted by Gasteiger charge is -2.11. The second-order valence-corrected chi connectivity index (χ2v) is 5.73. The normalized spacial score (nSPS) is 11.0. The first-order valence-corrected chi connectivity index (χ1v) is 8.00. The third-order valence-corrected chi connectivity index (χ3v) is 3.58. The van der Waals surface area contributed by atoms with Gasteiger partial charge in [-0.1, -0.05) is 38.5 Å². The molecule has 23 heavy (non-hydrogen) atoms. The zero-order chi connectivity index (χ0) is 16.8. The van der Waals surface area contributed by atoms with E-state index in [1.54, 1.807) is 16.8 Å². The van der Waals surface area contributed by atoms with Crippen LogP contribution in [0.15, 0.2) is 24.3 Å². The Labute approximate surface area is 136 Å². The Balaban J connectivity index is 2.30. The molecule has 0 unspecified atom stereocenters. The van der Waals surface area contributed by atoms with E-state index in [9.17, 15) is 4.79 Å². The van der Waals surface area contributed by atoms with Gasteiger partial charge in [0.1, 0.15) is 5.69 Å². The van der Waals surface area contributed by atoms with E-state index >= 15 is 0 Å². The van der Waals surface area contributed by atoms with Crippen molar-refractivity contribution in [1.82, 2.24) is 15.0 Å². The van der Waals surface area contributed by atoms with Crippen molar-refractivity contribution in [2.75, 3.05) is 6.61 Å². The minimum atomic E-state index is -0.314. The number of ether oxygens (including phenoxy) is 1. The number of aromatic nitrogens is 3. The third kappa shape index (κ3) is 3.96. The molecule has 0 atom stereocenters. The number of carbonyl (C=O) groups is 1. The second kappa shape index (κ2) is 7.87. The van der Waals surface area contributed by atoms with Crippen molar-refractivity contribution < 1.29 is 9.53 Å². The molecule has 6 heteroatoms. The number of benzene rings is 1. The van der Waals surface area contributed by atoms with Gasteiger partial charge in [-0.3, -0.25) is 0 Å². The van der Waals surface area contributed by atoms with E-state index in [2.05, 4.69) is 31.1 Å². The summed E-state index contributed by atoms with van der Waals surface area (Å²) in [5.41, 5.74) is 8.77. The van der Waals surface area contributed by atoms with Gasteiger partial charge in [0, 0.05) is 6.54 Å². The first-order chi connectivity index (χ1) is 11.1. The summed E-state index contributed by atoms with van der Waals surface area (Å²) in [6.07, 6.45) is 1.86. The molecule has 0 amide bonds. The summed E-state index contributed by atoms with van der Waals surface area (Å²) in [5.74, 6) is -0.0886. The largest absolute Gasteiger partial charge is 0.462 e. The average Bonchev–Trinajstić information content (AvgIpc) is 2.99. The molecule has 2 aromatic rings. The maximum Gasteiger partial charge on any atom is 0.338 e. The number of carbonyl (C=O) groups excluding carboxylic acids is 1. The molecule has 1 aromatic carbocycles. The summed E-state index contributed by atoms with van der Waals surface area (Å²) in [6, 6.07) is 7.23. The maximum absolute atomic E-state index is 12.1. The van der Waals surface area contributed by atoms with Crippen LogP contribution in [0.25, 0.3) is 5.69 Å². The highest BCUT2D eigenvalue weighted by molar-refractivity contribution is 5.90. The van der Waals surface area contributed by atoms with Crippen molar-refractivity contribution in [3.8, 4) is 5.69 Å². The Hall–Kier alpha value is -2.21. The lowest BCUT2D eigenvalue weighted by Crippen LogP contribution is -2.10. The minimum absolute atomic E-state index is 0.226. The maximum atomic E-state index is 12.1. The highest BCUT2D eigenvalue weighted by atomic mass is 16.5. The molecule has 0 aliphatic heterocycles. The smallest absolute Gasteiger partial charge is 0.338 e. The molecule has 0 spiro atoms. The van der Waals surface area contributed by atoms with Crippen molar-refractivity contribution in [2.45, 2.75) is 46.1 Å². The fraction of sp³-hybridized carbons (Fsp3) is 0.471. The molecule has 2 rings (SSSR count). The number of esters is 1. The topological polar surface area (TPSA) is 83.0 Å². The van der Waals surface area contributed by atoms with E-state index in [4.69, 9.17) is 10.5 Å². The van der Waals surface area contributed by atoms with Crippen LogP contribution in [-0.2, 0) is 11.3 Å². The van der Waals surface area contributed by atoms with Gasteiger partial charge in [0.05, 0.1) is 23.6 Å². The molecule has 0 fully saturated rings. The van der Waals surface area contributed by atoms with Gasteiger partial charge in [0.2, 0.25) is 0 Å². The Morgan fingerprint density at radius 1 is 1.39 bits per heavy atom. The monoisotopic (exact) mass is 316 g/mol. The van der Waals surface area contributed by atoms with Gasteiger partial charge in [-0.15, -0.1) is 5.10 Å². The second-order valence-electron chi connectivity index (χ2n) is 5.73. The molecule has 0 saturated heterocycles. The van der Waals surface area contributed by atoms with Crippen LogP contribution < -0.4 is 5.73 Å². The summed E-state index contributed by atoms with van der Waals surface area (Å²) in [6.45, 7) is 6.97. The van der Waals surface area contributed by atoms with Crippen LogP contribution in [-0.4, -0.2) is 27.6 Å². The number of unbranched alkanes of at least 4 members (excludes halogenated alkanes) is 1. The molecule has 0 saturated carbocycles. The lowest BCUT2D eigenvalue weighted by atomic mass is 10.1. The quantitative estimate of drug-likeness (QED) is 0.627. The fourth-order valence-electron chi connectivity index (χ4n) is 2.39. The fourth-order valence-corrected chi connectivity index (χ4v) is 2.39.